The lowest BCUT2D eigenvalue weighted by atomic mass is 9.86. The molecule has 2 N–H and O–H groups in total. The molecule has 1 aliphatic rings. The van der Waals surface area contributed by atoms with Crippen LogP contribution in [0.1, 0.15) is 43.8 Å². The van der Waals surface area contributed by atoms with Gasteiger partial charge in [0.2, 0.25) is 0 Å². The maximum atomic E-state index is 5.57. The summed E-state index contributed by atoms with van der Waals surface area (Å²) in [6.07, 6.45) is 3.76. The summed E-state index contributed by atoms with van der Waals surface area (Å²) in [6.45, 7) is 11.3. The van der Waals surface area contributed by atoms with Gasteiger partial charge in [-0.15, -0.1) is 18.3 Å². The first-order valence-electron chi connectivity index (χ1n) is 8.61. The summed E-state index contributed by atoms with van der Waals surface area (Å²) in [5.41, 5.74) is 9.74. The Kier molecular flexibility index (Phi) is 5.69. The number of nitrogens with one attached hydrogen (secondary N) is 2. The zero-order chi connectivity index (χ0) is 17.9. The molecule has 4 nitrogen and oxygen atoms in total. The quantitative estimate of drug-likeness (QED) is 0.751. The van der Waals surface area contributed by atoms with Crippen LogP contribution in [0.3, 0.4) is 0 Å². The molecule has 3 rings (SSSR count). The summed E-state index contributed by atoms with van der Waals surface area (Å²) in [5, 5.41) is 0. The molecule has 1 aliphatic heterocycles. The van der Waals surface area contributed by atoms with Crippen molar-refractivity contribution in [2.24, 2.45) is 0 Å². The van der Waals surface area contributed by atoms with Crippen LogP contribution in [0.15, 0.2) is 59.7 Å². The Balaban J connectivity index is 1.81. The van der Waals surface area contributed by atoms with E-state index in [1.807, 2.05) is 30.0 Å². The van der Waals surface area contributed by atoms with Crippen molar-refractivity contribution in [3.63, 3.8) is 0 Å². The highest BCUT2D eigenvalue weighted by Crippen LogP contribution is 2.32. The van der Waals surface area contributed by atoms with E-state index in [1.165, 1.54) is 11.1 Å². The smallest absolute Gasteiger partial charge is 0.123 e. The monoisotopic (exact) mass is 357 g/mol. The van der Waals surface area contributed by atoms with E-state index < -0.39 is 0 Å². The number of rotatable bonds is 6. The Morgan fingerprint density at radius 3 is 2.56 bits per heavy atom. The second-order valence-corrected chi connectivity index (χ2v) is 8.40. The van der Waals surface area contributed by atoms with Crippen molar-refractivity contribution in [3.8, 4) is 0 Å². The second kappa shape index (κ2) is 7.79. The van der Waals surface area contributed by atoms with Crippen LogP contribution in [-0.2, 0) is 12.0 Å². The Morgan fingerprint density at radius 2 is 1.96 bits per heavy atom. The van der Waals surface area contributed by atoms with Gasteiger partial charge in [0.25, 0.3) is 0 Å². The lowest BCUT2D eigenvalue weighted by molar-refractivity contribution is 0.203. The Hall–Kier alpha value is -1.53. The van der Waals surface area contributed by atoms with Gasteiger partial charge in [-0.25, -0.2) is 10.9 Å². The molecule has 1 saturated heterocycles. The lowest BCUT2D eigenvalue weighted by Crippen LogP contribution is -2.33. The molecule has 0 saturated carbocycles. The van der Waals surface area contributed by atoms with Gasteiger partial charge in [-0.1, -0.05) is 51.1 Å². The molecule has 0 bridgehead atoms. The van der Waals surface area contributed by atoms with Crippen molar-refractivity contribution in [3.05, 3.63) is 72.2 Å². The fourth-order valence-electron chi connectivity index (χ4n) is 2.94. The van der Waals surface area contributed by atoms with Crippen LogP contribution in [0.25, 0.3) is 0 Å². The topological polar surface area (TPSA) is 40.4 Å². The van der Waals surface area contributed by atoms with Gasteiger partial charge in [-0.05, 0) is 28.7 Å². The molecule has 0 radical (unpaired) electrons. The second-order valence-electron chi connectivity index (χ2n) is 7.29. The predicted octanol–water partition coefficient (Wildman–Crippen LogP) is 4.39. The predicted molar refractivity (Wildman–Crippen MR) is 105 cm³/mol. The van der Waals surface area contributed by atoms with Gasteiger partial charge >= 0.3 is 0 Å². The van der Waals surface area contributed by atoms with Crippen LogP contribution >= 0.6 is 11.8 Å². The summed E-state index contributed by atoms with van der Waals surface area (Å²) in [5.74, 6) is 1.86. The number of hydrogen-bond donors (Lipinski definition) is 2. The normalized spacial score (nSPS) is 21.6. The Labute approximate surface area is 154 Å². The van der Waals surface area contributed by atoms with Crippen molar-refractivity contribution < 1.29 is 4.42 Å². The molecule has 2 atom stereocenters. The number of benzene rings is 1. The van der Waals surface area contributed by atoms with E-state index in [9.17, 15) is 0 Å². The molecule has 25 heavy (non-hydrogen) atoms. The Bertz CT molecular complexity index is 676. The molecule has 2 heterocycles. The number of thioether (sulfide) groups is 1. The van der Waals surface area contributed by atoms with Crippen LogP contribution in [0, 0.1) is 0 Å². The Morgan fingerprint density at radius 1 is 1.20 bits per heavy atom. The van der Waals surface area contributed by atoms with Gasteiger partial charge in [0, 0.05) is 5.75 Å². The molecule has 0 amide bonds. The van der Waals surface area contributed by atoms with Gasteiger partial charge in [-0.3, -0.25) is 4.90 Å². The minimum absolute atomic E-state index is 0.0985. The third kappa shape index (κ3) is 4.36. The van der Waals surface area contributed by atoms with Crippen LogP contribution < -0.4 is 10.9 Å². The third-order valence-electron chi connectivity index (χ3n) is 4.36. The van der Waals surface area contributed by atoms with Gasteiger partial charge in [0.1, 0.15) is 17.4 Å². The highest BCUT2D eigenvalue weighted by Gasteiger charge is 2.34. The van der Waals surface area contributed by atoms with E-state index in [0.717, 1.165) is 18.1 Å². The molecule has 1 aromatic heterocycles. The SMILES string of the molecule is C=CCSC1NNC(c2ccc(C(C)(C)C)cc2)N1Cc1ccco1. The number of hydrogen-bond acceptors (Lipinski definition) is 5. The number of nitrogens with zero attached hydrogens (tertiary/aromatic N) is 1. The van der Waals surface area contributed by atoms with Gasteiger partial charge in [-0.2, -0.15) is 0 Å². The molecule has 1 aromatic carbocycles. The maximum absolute atomic E-state index is 5.57. The minimum atomic E-state index is 0.0985. The van der Waals surface area contributed by atoms with Crippen LogP contribution in [-0.4, -0.2) is 16.2 Å². The number of furan rings is 1. The van der Waals surface area contributed by atoms with Crippen molar-refractivity contribution in [1.29, 1.82) is 0 Å². The maximum Gasteiger partial charge on any atom is 0.123 e. The fraction of sp³-hybridized carbons (Fsp3) is 0.400. The van der Waals surface area contributed by atoms with E-state index in [2.05, 4.69) is 67.4 Å². The summed E-state index contributed by atoms with van der Waals surface area (Å²) in [6, 6.07) is 12.8. The van der Waals surface area contributed by atoms with E-state index in [1.54, 1.807) is 6.26 Å². The molecular formula is C20H27N3OS. The molecule has 2 aromatic rings. The zero-order valence-electron chi connectivity index (χ0n) is 15.2. The average molecular weight is 358 g/mol. The lowest BCUT2D eigenvalue weighted by Gasteiger charge is -2.27. The highest BCUT2D eigenvalue weighted by molar-refractivity contribution is 7.99. The van der Waals surface area contributed by atoms with Crippen LogP contribution in [0.5, 0.6) is 0 Å². The first-order chi connectivity index (χ1) is 12.0. The van der Waals surface area contributed by atoms with Crippen LogP contribution in [0.2, 0.25) is 0 Å². The average Bonchev–Trinajstić information content (AvgIpc) is 3.23. The number of hydrazine groups is 1. The van der Waals surface area contributed by atoms with Crippen molar-refractivity contribution in [1.82, 2.24) is 15.8 Å². The van der Waals surface area contributed by atoms with Crippen molar-refractivity contribution in [2.45, 2.75) is 44.4 Å². The van der Waals surface area contributed by atoms with E-state index >= 15 is 0 Å². The fourth-order valence-corrected chi connectivity index (χ4v) is 3.80. The van der Waals surface area contributed by atoms with Crippen LogP contribution in [0.4, 0.5) is 0 Å². The van der Waals surface area contributed by atoms with Crippen molar-refractivity contribution in [2.75, 3.05) is 5.75 Å². The summed E-state index contributed by atoms with van der Waals surface area (Å²) in [7, 11) is 0. The summed E-state index contributed by atoms with van der Waals surface area (Å²) in [4.78, 5) is 2.37. The van der Waals surface area contributed by atoms with Gasteiger partial charge in [0.05, 0.1) is 12.8 Å². The minimum Gasteiger partial charge on any atom is -0.468 e. The standard InChI is InChI=1S/C20H27N3OS/c1-5-13-25-19-22-21-18(23(19)14-17-7-6-12-24-17)15-8-10-16(11-9-15)20(2,3)4/h5-12,18-19,21-22H,1,13-14H2,2-4H3. The molecule has 2 unspecified atom stereocenters. The molecule has 1 fully saturated rings. The summed E-state index contributed by atoms with van der Waals surface area (Å²) >= 11 is 1.81. The van der Waals surface area contributed by atoms with E-state index in [-0.39, 0.29) is 17.1 Å². The van der Waals surface area contributed by atoms with Gasteiger partial charge < -0.3 is 4.42 Å². The molecule has 0 aliphatic carbocycles. The largest absolute Gasteiger partial charge is 0.468 e. The molecular weight excluding hydrogens is 330 g/mol. The molecule has 0 spiro atoms. The van der Waals surface area contributed by atoms with Crippen molar-refractivity contribution >= 4 is 11.8 Å². The van der Waals surface area contributed by atoms with Gasteiger partial charge in [0.15, 0.2) is 0 Å². The van der Waals surface area contributed by atoms with E-state index in [0.29, 0.717) is 0 Å². The highest BCUT2D eigenvalue weighted by atomic mass is 32.2. The third-order valence-corrected chi connectivity index (χ3v) is 5.49. The first-order valence-corrected chi connectivity index (χ1v) is 9.66. The first kappa shape index (κ1) is 18.3. The summed E-state index contributed by atoms with van der Waals surface area (Å²) < 4.78 is 5.57. The molecule has 5 heteroatoms. The van der Waals surface area contributed by atoms with E-state index in [4.69, 9.17) is 4.42 Å². The zero-order valence-corrected chi connectivity index (χ0v) is 16.0. The molecule has 134 valence electrons.